The summed E-state index contributed by atoms with van der Waals surface area (Å²) < 4.78 is 0. The van der Waals surface area contributed by atoms with Crippen LogP contribution in [0.5, 0.6) is 0 Å². The zero-order valence-electron chi connectivity index (χ0n) is 30.3. The molecule has 0 radical (unpaired) electrons. The Balaban J connectivity index is 0.000000281. The maximum Gasteiger partial charge on any atom is -0.0269 e. The third-order valence-electron chi connectivity index (χ3n) is 16.2. The molecule has 0 spiro atoms. The summed E-state index contributed by atoms with van der Waals surface area (Å²) in [6, 6.07) is 0. The first-order chi connectivity index (χ1) is 16.5. The Bertz CT molecular complexity index is 692. The lowest BCUT2D eigenvalue weighted by atomic mass is 9.37. The Morgan fingerprint density at radius 1 is 0.289 bits per heavy atom. The highest BCUT2D eigenvalue weighted by atomic mass is 14.7. The summed E-state index contributed by atoms with van der Waals surface area (Å²) in [7, 11) is 0. The maximum absolute atomic E-state index is 2.52. The van der Waals surface area contributed by atoms with E-state index in [4.69, 9.17) is 0 Å². The molecule has 3 aliphatic carbocycles. The monoisotopic (exact) mass is 531 g/mol. The molecule has 0 aliphatic heterocycles. The minimum absolute atomic E-state index is 0.394. The Morgan fingerprint density at radius 3 is 0.605 bits per heavy atom. The van der Waals surface area contributed by atoms with Crippen LogP contribution in [-0.2, 0) is 0 Å². The minimum atomic E-state index is 0.394. The van der Waals surface area contributed by atoms with Gasteiger partial charge in [0.25, 0.3) is 0 Å². The van der Waals surface area contributed by atoms with Crippen LogP contribution in [-0.4, -0.2) is 0 Å². The van der Waals surface area contributed by atoms with Crippen LogP contribution in [0.15, 0.2) is 0 Å². The summed E-state index contributed by atoms with van der Waals surface area (Å²) in [5.41, 5.74) is 3.54. The summed E-state index contributed by atoms with van der Waals surface area (Å²) in [5, 5.41) is 0. The molecule has 3 saturated carbocycles. The highest BCUT2D eigenvalue weighted by Gasteiger charge is 2.62. The third kappa shape index (κ3) is 5.44. The second-order valence-electron chi connectivity index (χ2n) is 20.1. The van der Waals surface area contributed by atoms with Crippen molar-refractivity contribution >= 4 is 0 Å². The van der Waals surface area contributed by atoms with Gasteiger partial charge in [-0.05, 0) is 105 Å². The first-order valence-corrected chi connectivity index (χ1v) is 16.5. The van der Waals surface area contributed by atoms with Gasteiger partial charge in [0.1, 0.15) is 0 Å². The van der Waals surface area contributed by atoms with Gasteiger partial charge >= 0.3 is 0 Å². The van der Waals surface area contributed by atoms with E-state index in [0.29, 0.717) is 43.3 Å². The average molecular weight is 531 g/mol. The molecular weight excluding hydrogens is 456 g/mol. The van der Waals surface area contributed by atoms with Gasteiger partial charge in [-0.15, -0.1) is 0 Å². The summed E-state index contributed by atoms with van der Waals surface area (Å²) in [6.45, 7) is 49.8. The minimum Gasteiger partial charge on any atom is -0.0615 e. The van der Waals surface area contributed by atoms with E-state index in [1.165, 1.54) is 25.7 Å². The maximum atomic E-state index is 2.52. The van der Waals surface area contributed by atoms with Crippen LogP contribution in [0.1, 0.15) is 164 Å². The standard InChI is InChI=1S/C22H42.C16H32/c1-15-19(3,4)11-17(12-20(15,5)6)18-13-21(7,8)16(2)22(9,10)14-18;1-11-13(3,4)15(7,8)12(2)16(9,10)14(11,5)6/h15-18H,11-14H2,1-10H3;11-12H,1-10H3. The summed E-state index contributed by atoms with van der Waals surface area (Å²) in [4.78, 5) is 0. The molecule has 3 rings (SSSR count). The third-order valence-corrected chi connectivity index (χ3v) is 16.2. The molecule has 0 atom stereocenters. The average Bonchev–Trinajstić information content (AvgIpc) is 2.73. The number of hydrogen-bond donors (Lipinski definition) is 0. The van der Waals surface area contributed by atoms with E-state index in [9.17, 15) is 0 Å². The molecule has 0 aromatic rings. The van der Waals surface area contributed by atoms with E-state index in [-0.39, 0.29) is 0 Å². The molecular formula is C38H74. The van der Waals surface area contributed by atoms with Gasteiger partial charge in [-0.3, -0.25) is 0 Å². The Labute approximate surface area is 242 Å². The Morgan fingerprint density at radius 2 is 0.447 bits per heavy atom. The first-order valence-electron chi connectivity index (χ1n) is 16.5. The van der Waals surface area contributed by atoms with E-state index in [1.807, 2.05) is 0 Å². The zero-order valence-corrected chi connectivity index (χ0v) is 30.3. The van der Waals surface area contributed by atoms with Crippen LogP contribution >= 0.6 is 0 Å². The van der Waals surface area contributed by atoms with Gasteiger partial charge in [-0.1, -0.05) is 138 Å². The molecule has 0 bridgehead atoms. The van der Waals surface area contributed by atoms with Gasteiger partial charge in [-0.25, -0.2) is 0 Å². The molecule has 0 aromatic carbocycles. The van der Waals surface area contributed by atoms with Crippen molar-refractivity contribution in [1.82, 2.24) is 0 Å². The summed E-state index contributed by atoms with van der Waals surface area (Å²) >= 11 is 0. The second kappa shape index (κ2) is 9.79. The quantitative estimate of drug-likeness (QED) is 0.316. The molecule has 0 heteroatoms. The van der Waals surface area contributed by atoms with Crippen molar-refractivity contribution in [3.8, 4) is 0 Å². The highest BCUT2D eigenvalue weighted by molar-refractivity contribution is 5.10. The van der Waals surface area contributed by atoms with Crippen LogP contribution in [0.2, 0.25) is 0 Å². The molecule has 226 valence electrons. The molecule has 3 aliphatic rings. The van der Waals surface area contributed by atoms with Crippen molar-refractivity contribution in [2.45, 2.75) is 164 Å². The molecule has 0 N–H and O–H groups in total. The lowest BCUT2D eigenvalue weighted by Gasteiger charge is -2.67. The second-order valence-corrected chi connectivity index (χ2v) is 20.1. The van der Waals surface area contributed by atoms with Gasteiger partial charge < -0.3 is 0 Å². The topological polar surface area (TPSA) is 0 Å². The van der Waals surface area contributed by atoms with Gasteiger partial charge in [-0.2, -0.15) is 0 Å². The highest BCUT2D eigenvalue weighted by Crippen LogP contribution is 2.68. The van der Waals surface area contributed by atoms with Crippen LogP contribution in [0.25, 0.3) is 0 Å². The van der Waals surface area contributed by atoms with Crippen molar-refractivity contribution in [3.63, 3.8) is 0 Å². The van der Waals surface area contributed by atoms with Crippen LogP contribution in [0.3, 0.4) is 0 Å². The van der Waals surface area contributed by atoms with E-state index in [1.54, 1.807) is 0 Å². The molecule has 0 unspecified atom stereocenters. The molecule has 0 aromatic heterocycles. The number of hydrogen-bond acceptors (Lipinski definition) is 0. The largest absolute Gasteiger partial charge is 0.0615 e. The smallest absolute Gasteiger partial charge is 0.0269 e. The fraction of sp³-hybridized carbons (Fsp3) is 1.00. The van der Waals surface area contributed by atoms with Crippen molar-refractivity contribution in [3.05, 3.63) is 0 Å². The van der Waals surface area contributed by atoms with E-state index in [2.05, 4.69) is 138 Å². The Hall–Kier alpha value is 0. The molecule has 38 heavy (non-hydrogen) atoms. The van der Waals surface area contributed by atoms with Crippen molar-refractivity contribution < 1.29 is 0 Å². The predicted octanol–water partition coefficient (Wildman–Crippen LogP) is 12.6. The Kier molecular flexibility index (Phi) is 8.81. The number of rotatable bonds is 1. The van der Waals surface area contributed by atoms with Gasteiger partial charge in [0.05, 0.1) is 0 Å². The molecule has 0 heterocycles. The molecule has 0 nitrogen and oxygen atoms in total. The van der Waals surface area contributed by atoms with E-state index >= 15 is 0 Å². The van der Waals surface area contributed by atoms with E-state index < -0.39 is 0 Å². The van der Waals surface area contributed by atoms with Gasteiger partial charge in [0.15, 0.2) is 0 Å². The lowest BCUT2D eigenvalue weighted by molar-refractivity contribution is -0.193. The predicted molar refractivity (Wildman–Crippen MR) is 172 cm³/mol. The molecule has 0 saturated heterocycles. The van der Waals surface area contributed by atoms with Crippen LogP contribution < -0.4 is 0 Å². The van der Waals surface area contributed by atoms with Gasteiger partial charge in [0, 0.05) is 0 Å². The van der Waals surface area contributed by atoms with Crippen LogP contribution in [0, 0.1) is 78.8 Å². The molecule has 3 fully saturated rings. The van der Waals surface area contributed by atoms with E-state index in [0.717, 1.165) is 35.5 Å². The van der Waals surface area contributed by atoms with Crippen molar-refractivity contribution in [2.75, 3.05) is 0 Å². The fourth-order valence-electron chi connectivity index (χ4n) is 10.4. The summed E-state index contributed by atoms with van der Waals surface area (Å²) in [5.74, 6) is 4.96. The van der Waals surface area contributed by atoms with Crippen molar-refractivity contribution in [2.24, 2.45) is 78.8 Å². The van der Waals surface area contributed by atoms with Crippen molar-refractivity contribution in [1.29, 1.82) is 0 Å². The molecule has 0 amide bonds. The lowest BCUT2D eigenvalue weighted by Crippen LogP contribution is -2.61. The summed E-state index contributed by atoms with van der Waals surface area (Å²) in [6.07, 6.45) is 5.73. The first kappa shape index (κ1) is 34.2. The van der Waals surface area contributed by atoms with Gasteiger partial charge in [0.2, 0.25) is 0 Å². The van der Waals surface area contributed by atoms with Crippen LogP contribution in [0.4, 0.5) is 0 Å². The normalized spacial score (nSPS) is 41.4. The SMILES string of the molecule is CC1C(C)(C)C(C)(C)C(C)C(C)(C)C1(C)C.CC1C(C)(C)CC(C2CC(C)(C)C(C)C(C)(C)C2)CC1(C)C. The fourth-order valence-corrected chi connectivity index (χ4v) is 10.4. The zero-order chi connectivity index (χ0) is 30.3.